The summed E-state index contributed by atoms with van der Waals surface area (Å²) in [5.74, 6) is 0.651. The fraction of sp³-hybridized carbons (Fsp3) is 0.375. The molecule has 0 bridgehead atoms. The monoisotopic (exact) mass is 407 g/mol. The van der Waals surface area contributed by atoms with Gasteiger partial charge in [-0.3, -0.25) is 9.59 Å². The Labute approximate surface area is 177 Å². The first-order valence-corrected chi connectivity index (χ1v) is 10.5. The second kappa shape index (κ2) is 10.6. The van der Waals surface area contributed by atoms with Crippen LogP contribution in [0, 0.1) is 0 Å². The molecule has 2 N–H and O–H groups in total. The molecule has 0 radical (unpaired) electrons. The van der Waals surface area contributed by atoms with Crippen LogP contribution in [0.15, 0.2) is 53.1 Å². The molecule has 0 unspecified atom stereocenters. The first kappa shape index (κ1) is 21.6. The molecule has 2 aromatic carbocycles. The van der Waals surface area contributed by atoms with Crippen LogP contribution in [0.1, 0.15) is 68.0 Å². The third kappa shape index (κ3) is 5.69. The SMILES string of the molecule is CC(C)NC=O.O=C(Nc1ccc(C2CCCCC2)cc1)c1onc2ccccc12. The lowest BCUT2D eigenvalue weighted by Crippen LogP contribution is -2.19. The van der Waals surface area contributed by atoms with Crippen LogP contribution < -0.4 is 10.6 Å². The van der Waals surface area contributed by atoms with Gasteiger partial charge in [0.1, 0.15) is 5.52 Å². The highest BCUT2D eigenvalue weighted by molar-refractivity contribution is 6.10. The molecule has 0 atom stereocenters. The number of carbonyl (C=O) groups excluding carboxylic acids is 2. The van der Waals surface area contributed by atoms with E-state index in [4.69, 9.17) is 4.52 Å². The fourth-order valence-corrected chi connectivity index (χ4v) is 3.65. The molecule has 1 aliphatic rings. The van der Waals surface area contributed by atoms with Crippen LogP contribution in [0.25, 0.3) is 10.9 Å². The van der Waals surface area contributed by atoms with Crippen molar-refractivity contribution in [3.8, 4) is 0 Å². The minimum atomic E-state index is -0.269. The average Bonchev–Trinajstić information content (AvgIpc) is 3.20. The minimum absolute atomic E-state index is 0.252. The number of fused-ring (bicyclic) bond motifs is 1. The standard InChI is InChI=1S/C20H20N2O2.C4H9NO/c23-20(19-17-8-4-5-9-18(17)22-24-19)21-16-12-10-15(11-13-16)14-6-2-1-3-7-14;1-4(2)5-3-6/h4-5,8-14H,1-3,6-7H2,(H,21,23);3-4H,1-2H3,(H,5,6). The van der Waals surface area contributed by atoms with Gasteiger partial charge in [-0.1, -0.05) is 48.7 Å². The van der Waals surface area contributed by atoms with Crippen LogP contribution in [0.5, 0.6) is 0 Å². The maximum atomic E-state index is 12.4. The van der Waals surface area contributed by atoms with Crippen molar-refractivity contribution >= 4 is 28.9 Å². The quantitative estimate of drug-likeness (QED) is 0.565. The number of benzene rings is 2. The van der Waals surface area contributed by atoms with E-state index >= 15 is 0 Å². The van der Waals surface area contributed by atoms with Gasteiger partial charge in [0.25, 0.3) is 5.91 Å². The Bertz CT molecular complexity index is 957. The number of aromatic nitrogens is 1. The highest BCUT2D eigenvalue weighted by Crippen LogP contribution is 2.33. The molecule has 158 valence electrons. The van der Waals surface area contributed by atoms with Gasteiger partial charge >= 0.3 is 0 Å². The molecule has 1 fully saturated rings. The predicted octanol–water partition coefficient (Wildman–Crippen LogP) is 5.27. The molecular weight excluding hydrogens is 378 g/mol. The van der Waals surface area contributed by atoms with Crippen LogP contribution in [-0.4, -0.2) is 23.5 Å². The molecule has 6 nitrogen and oxygen atoms in total. The van der Waals surface area contributed by atoms with E-state index in [1.54, 1.807) is 0 Å². The van der Waals surface area contributed by atoms with Crippen molar-refractivity contribution in [3.05, 3.63) is 59.9 Å². The summed E-state index contributed by atoms with van der Waals surface area (Å²) in [7, 11) is 0. The van der Waals surface area contributed by atoms with Gasteiger partial charge < -0.3 is 15.2 Å². The van der Waals surface area contributed by atoms with Crippen molar-refractivity contribution in [1.29, 1.82) is 0 Å². The smallest absolute Gasteiger partial charge is 0.294 e. The predicted molar refractivity (Wildman–Crippen MR) is 119 cm³/mol. The van der Waals surface area contributed by atoms with E-state index in [0.29, 0.717) is 17.8 Å². The van der Waals surface area contributed by atoms with Crippen molar-refractivity contribution in [1.82, 2.24) is 10.5 Å². The van der Waals surface area contributed by atoms with E-state index in [1.165, 1.54) is 37.7 Å². The van der Waals surface area contributed by atoms with Crippen molar-refractivity contribution < 1.29 is 14.1 Å². The van der Waals surface area contributed by atoms with E-state index < -0.39 is 0 Å². The molecule has 1 saturated carbocycles. The molecule has 30 heavy (non-hydrogen) atoms. The lowest BCUT2D eigenvalue weighted by molar-refractivity contribution is -0.109. The molecule has 0 spiro atoms. The number of amides is 2. The van der Waals surface area contributed by atoms with Gasteiger partial charge in [-0.2, -0.15) is 0 Å². The summed E-state index contributed by atoms with van der Waals surface area (Å²) in [5, 5.41) is 10.1. The van der Waals surface area contributed by atoms with E-state index in [-0.39, 0.29) is 17.7 Å². The van der Waals surface area contributed by atoms with Gasteiger partial charge in [-0.15, -0.1) is 0 Å². The zero-order chi connectivity index (χ0) is 21.3. The van der Waals surface area contributed by atoms with E-state index in [2.05, 4.69) is 27.9 Å². The maximum absolute atomic E-state index is 12.4. The molecule has 3 aromatic rings. The summed E-state index contributed by atoms with van der Waals surface area (Å²) in [6.07, 6.45) is 7.25. The number of anilines is 1. The Kier molecular flexibility index (Phi) is 7.60. The zero-order valence-electron chi connectivity index (χ0n) is 17.6. The first-order chi connectivity index (χ1) is 14.6. The summed E-state index contributed by atoms with van der Waals surface area (Å²) < 4.78 is 5.21. The van der Waals surface area contributed by atoms with Crippen molar-refractivity contribution in [2.24, 2.45) is 0 Å². The molecule has 1 aliphatic carbocycles. The molecule has 2 amide bonds. The van der Waals surface area contributed by atoms with Crippen LogP contribution >= 0.6 is 0 Å². The molecule has 0 aliphatic heterocycles. The summed E-state index contributed by atoms with van der Waals surface area (Å²) >= 11 is 0. The van der Waals surface area contributed by atoms with Crippen LogP contribution in [0.2, 0.25) is 0 Å². The third-order valence-corrected chi connectivity index (χ3v) is 5.24. The second-order valence-electron chi connectivity index (χ2n) is 7.88. The van der Waals surface area contributed by atoms with Gasteiger partial charge in [0.05, 0.1) is 5.39 Å². The number of carbonyl (C=O) groups is 2. The average molecular weight is 408 g/mol. The Balaban J connectivity index is 0.000000377. The Morgan fingerprint density at radius 2 is 1.77 bits per heavy atom. The Morgan fingerprint density at radius 1 is 1.07 bits per heavy atom. The number of nitrogens with zero attached hydrogens (tertiary/aromatic N) is 1. The summed E-state index contributed by atoms with van der Waals surface area (Å²) in [5.41, 5.74) is 2.84. The maximum Gasteiger partial charge on any atom is 0.294 e. The van der Waals surface area contributed by atoms with E-state index in [9.17, 15) is 9.59 Å². The molecule has 4 rings (SSSR count). The van der Waals surface area contributed by atoms with Gasteiger partial charge in [0.15, 0.2) is 0 Å². The molecule has 1 heterocycles. The van der Waals surface area contributed by atoms with Crippen LogP contribution in [-0.2, 0) is 4.79 Å². The summed E-state index contributed by atoms with van der Waals surface area (Å²) in [6, 6.07) is 15.9. The van der Waals surface area contributed by atoms with Crippen molar-refractivity contribution in [2.75, 3.05) is 5.32 Å². The van der Waals surface area contributed by atoms with Crippen LogP contribution in [0.4, 0.5) is 5.69 Å². The highest BCUT2D eigenvalue weighted by atomic mass is 16.5. The zero-order valence-corrected chi connectivity index (χ0v) is 17.6. The number of rotatable bonds is 5. The van der Waals surface area contributed by atoms with Gasteiger partial charge in [-0.05, 0) is 62.4 Å². The van der Waals surface area contributed by atoms with E-state index in [0.717, 1.165) is 11.1 Å². The fourth-order valence-electron chi connectivity index (χ4n) is 3.65. The first-order valence-electron chi connectivity index (χ1n) is 10.5. The second-order valence-corrected chi connectivity index (χ2v) is 7.88. The summed E-state index contributed by atoms with van der Waals surface area (Å²) in [6.45, 7) is 3.82. The molecular formula is C24H29N3O3. The Morgan fingerprint density at radius 3 is 2.40 bits per heavy atom. The van der Waals surface area contributed by atoms with E-state index in [1.807, 2.05) is 50.2 Å². The number of nitrogens with one attached hydrogen (secondary N) is 2. The molecule has 0 saturated heterocycles. The lowest BCUT2D eigenvalue weighted by Gasteiger charge is -2.22. The van der Waals surface area contributed by atoms with Gasteiger partial charge in [-0.25, -0.2) is 0 Å². The van der Waals surface area contributed by atoms with Gasteiger partial charge in [0.2, 0.25) is 12.2 Å². The lowest BCUT2D eigenvalue weighted by atomic mass is 9.84. The Hall–Kier alpha value is -3.15. The highest BCUT2D eigenvalue weighted by Gasteiger charge is 2.18. The van der Waals surface area contributed by atoms with Gasteiger partial charge in [0, 0.05) is 11.7 Å². The minimum Gasteiger partial charge on any atom is -0.357 e. The number of hydrogen-bond acceptors (Lipinski definition) is 4. The largest absolute Gasteiger partial charge is 0.357 e. The van der Waals surface area contributed by atoms with Crippen LogP contribution in [0.3, 0.4) is 0 Å². The number of hydrogen-bond donors (Lipinski definition) is 2. The molecule has 1 aromatic heterocycles. The summed E-state index contributed by atoms with van der Waals surface area (Å²) in [4.78, 5) is 21.9. The van der Waals surface area contributed by atoms with Crippen molar-refractivity contribution in [3.63, 3.8) is 0 Å². The molecule has 6 heteroatoms. The normalized spacial score (nSPS) is 14.1. The third-order valence-electron chi connectivity index (χ3n) is 5.24. The van der Waals surface area contributed by atoms with Crippen molar-refractivity contribution in [2.45, 2.75) is 57.9 Å². The topological polar surface area (TPSA) is 84.2 Å².